The third kappa shape index (κ3) is 3.10. The molecule has 0 radical (unpaired) electrons. The molecule has 2 heterocycles. The number of fused-ring (bicyclic) bond motifs is 1. The van der Waals surface area contributed by atoms with Crippen molar-refractivity contribution < 1.29 is 0 Å². The van der Waals surface area contributed by atoms with Gasteiger partial charge in [0, 0.05) is 18.0 Å². The fourth-order valence-corrected chi connectivity index (χ4v) is 4.05. The van der Waals surface area contributed by atoms with Crippen LogP contribution in [0.1, 0.15) is 28.0 Å². The highest BCUT2D eigenvalue weighted by Gasteiger charge is 2.22. The normalized spacial score (nSPS) is 14.6. The van der Waals surface area contributed by atoms with Crippen LogP contribution in [-0.4, -0.2) is 18.0 Å². The Bertz CT molecular complexity index is 655. The lowest BCUT2D eigenvalue weighted by Gasteiger charge is -2.26. The maximum Gasteiger partial charge on any atom is 0.104 e. The number of hydrogen-bond acceptors (Lipinski definition) is 4. The molecule has 0 saturated carbocycles. The molecule has 0 unspecified atom stereocenters. The minimum Gasteiger partial charge on any atom is -0.389 e. The second kappa shape index (κ2) is 6.30. The molecule has 1 aromatic heterocycles. The predicted molar refractivity (Wildman–Crippen MR) is 87.2 cm³/mol. The zero-order chi connectivity index (χ0) is 14.7. The number of nitrogens with two attached hydrogens (primary N) is 1. The number of benzene rings is 1. The van der Waals surface area contributed by atoms with E-state index >= 15 is 0 Å². The van der Waals surface area contributed by atoms with Gasteiger partial charge in [0.25, 0.3) is 0 Å². The lowest BCUT2D eigenvalue weighted by Crippen LogP contribution is -2.31. The SMILES string of the molecule is N#Cc1c(N)sc2c1CCN(CCCc1ccccc1)C2. The van der Waals surface area contributed by atoms with E-state index in [1.165, 1.54) is 22.4 Å². The highest BCUT2D eigenvalue weighted by Crippen LogP contribution is 2.34. The van der Waals surface area contributed by atoms with Gasteiger partial charge in [-0.25, -0.2) is 0 Å². The summed E-state index contributed by atoms with van der Waals surface area (Å²) in [5, 5.41) is 9.85. The molecule has 3 rings (SSSR count). The van der Waals surface area contributed by atoms with Crippen molar-refractivity contribution in [3.63, 3.8) is 0 Å². The molecule has 0 bridgehead atoms. The average Bonchev–Trinajstić information content (AvgIpc) is 2.82. The molecule has 2 N–H and O–H groups in total. The summed E-state index contributed by atoms with van der Waals surface area (Å²) in [7, 11) is 0. The van der Waals surface area contributed by atoms with E-state index in [0.717, 1.165) is 38.0 Å². The van der Waals surface area contributed by atoms with Crippen LogP contribution in [0.5, 0.6) is 0 Å². The maximum absolute atomic E-state index is 9.16. The molecule has 108 valence electrons. The molecular formula is C17H19N3S. The summed E-state index contributed by atoms with van der Waals surface area (Å²) in [6.07, 6.45) is 3.25. The quantitative estimate of drug-likeness (QED) is 0.943. The molecule has 21 heavy (non-hydrogen) atoms. The summed E-state index contributed by atoms with van der Waals surface area (Å²) in [6.45, 7) is 3.08. The van der Waals surface area contributed by atoms with E-state index in [1.807, 2.05) is 0 Å². The summed E-state index contributed by atoms with van der Waals surface area (Å²) in [5.74, 6) is 0. The van der Waals surface area contributed by atoms with Gasteiger partial charge in [-0.2, -0.15) is 5.26 Å². The Labute approximate surface area is 129 Å². The molecule has 1 aromatic carbocycles. The van der Waals surface area contributed by atoms with Gasteiger partial charge in [-0.1, -0.05) is 30.3 Å². The number of hydrogen-bond donors (Lipinski definition) is 1. The van der Waals surface area contributed by atoms with E-state index in [9.17, 15) is 0 Å². The van der Waals surface area contributed by atoms with Gasteiger partial charge in [0.15, 0.2) is 0 Å². The fourth-order valence-electron chi connectivity index (χ4n) is 2.94. The number of rotatable bonds is 4. The van der Waals surface area contributed by atoms with Gasteiger partial charge in [0.05, 0.1) is 5.56 Å². The van der Waals surface area contributed by atoms with Crippen molar-refractivity contribution in [2.75, 3.05) is 18.8 Å². The van der Waals surface area contributed by atoms with E-state index in [4.69, 9.17) is 11.0 Å². The summed E-state index contributed by atoms with van der Waals surface area (Å²) < 4.78 is 0. The smallest absolute Gasteiger partial charge is 0.104 e. The molecule has 3 nitrogen and oxygen atoms in total. The van der Waals surface area contributed by atoms with Crippen molar-refractivity contribution in [3.8, 4) is 6.07 Å². The van der Waals surface area contributed by atoms with E-state index in [2.05, 4.69) is 41.3 Å². The van der Waals surface area contributed by atoms with Crippen LogP contribution in [0.15, 0.2) is 30.3 Å². The van der Waals surface area contributed by atoms with E-state index in [-0.39, 0.29) is 0 Å². The minimum absolute atomic E-state index is 0.689. The van der Waals surface area contributed by atoms with Crippen molar-refractivity contribution in [1.29, 1.82) is 5.26 Å². The van der Waals surface area contributed by atoms with Crippen LogP contribution in [0, 0.1) is 11.3 Å². The standard InChI is InChI=1S/C17H19N3S/c18-11-15-14-8-10-20(12-16(14)21-17(15)19)9-4-7-13-5-2-1-3-6-13/h1-3,5-6H,4,7-10,12,19H2. The van der Waals surface area contributed by atoms with Crippen LogP contribution in [-0.2, 0) is 19.4 Å². The van der Waals surface area contributed by atoms with Crippen LogP contribution in [0.25, 0.3) is 0 Å². The molecular weight excluding hydrogens is 278 g/mol. The molecule has 2 aromatic rings. The first-order chi connectivity index (χ1) is 10.3. The van der Waals surface area contributed by atoms with Crippen LogP contribution in [0.3, 0.4) is 0 Å². The first-order valence-electron chi connectivity index (χ1n) is 7.34. The number of nitriles is 1. The molecule has 1 aliphatic rings. The number of nitrogen functional groups attached to an aromatic ring is 1. The van der Waals surface area contributed by atoms with E-state index in [1.54, 1.807) is 11.3 Å². The number of aryl methyl sites for hydroxylation is 1. The molecule has 0 fully saturated rings. The summed E-state index contributed by atoms with van der Waals surface area (Å²) in [5.41, 5.74) is 9.25. The zero-order valence-electron chi connectivity index (χ0n) is 12.0. The Kier molecular flexibility index (Phi) is 4.23. The highest BCUT2D eigenvalue weighted by molar-refractivity contribution is 7.16. The molecule has 0 saturated heterocycles. The summed E-state index contributed by atoms with van der Waals surface area (Å²) in [6, 6.07) is 12.9. The maximum atomic E-state index is 9.16. The van der Waals surface area contributed by atoms with Crippen LogP contribution in [0.2, 0.25) is 0 Å². The van der Waals surface area contributed by atoms with Gasteiger partial charge in [-0.05, 0) is 36.9 Å². The van der Waals surface area contributed by atoms with Gasteiger partial charge in [-0.3, -0.25) is 4.90 Å². The molecule has 4 heteroatoms. The molecule has 1 aliphatic heterocycles. The van der Waals surface area contributed by atoms with E-state index < -0.39 is 0 Å². The molecule has 0 atom stereocenters. The van der Waals surface area contributed by atoms with Gasteiger partial charge in [-0.15, -0.1) is 11.3 Å². The minimum atomic E-state index is 0.689. The van der Waals surface area contributed by atoms with Gasteiger partial charge >= 0.3 is 0 Å². The predicted octanol–water partition coefficient (Wildman–Crippen LogP) is 3.19. The first kappa shape index (κ1) is 14.1. The summed E-state index contributed by atoms with van der Waals surface area (Å²) in [4.78, 5) is 3.76. The number of nitrogens with zero attached hydrogens (tertiary/aromatic N) is 2. The van der Waals surface area contributed by atoms with Crippen molar-refractivity contribution in [2.24, 2.45) is 0 Å². The third-order valence-corrected chi connectivity index (χ3v) is 5.10. The van der Waals surface area contributed by atoms with Crippen molar-refractivity contribution in [3.05, 3.63) is 51.9 Å². The monoisotopic (exact) mass is 297 g/mol. The Hall–Kier alpha value is -1.83. The van der Waals surface area contributed by atoms with Crippen molar-refractivity contribution >= 4 is 16.3 Å². The number of thiophene rings is 1. The van der Waals surface area contributed by atoms with Crippen molar-refractivity contribution in [2.45, 2.75) is 25.8 Å². The first-order valence-corrected chi connectivity index (χ1v) is 8.16. The van der Waals surface area contributed by atoms with Gasteiger partial charge < -0.3 is 5.73 Å². The molecule has 0 aliphatic carbocycles. The Morgan fingerprint density at radius 2 is 2.10 bits per heavy atom. The largest absolute Gasteiger partial charge is 0.389 e. The van der Waals surface area contributed by atoms with Crippen LogP contribution >= 0.6 is 11.3 Å². The molecule has 0 amide bonds. The van der Waals surface area contributed by atoms with E-state index in [0.29, 0.717) is 5.00 Å². The van der Waals surface area contributed by atoms with Crippen LogP contribution < -0.4 is 5.73 Å². The van der Waals surface area contributed by atoms with Crippen LogP contribution in [0.4, 0.5) is 5.00 Å². The van der Waals surface area contributed by atoms with Crippen molar-refractivity contribution in [1.82, 2.24) is 4.90 Å². The Morgan fingerprint density at radius 1 is 1.29 bits per heavy atom. The topological polar surface area (TPSA) is 53.1 Å². The highest BCUT2D eigenvalue weighted by atomic mass is 32.1. The average molecular weight is 297 g/mol. The lowest BCUT2D eigenvalue weighted by atomic mass is 10.0. The number of anilines is 1. The second-order valence-electron chi connectivity index (χ2n) is 5.47. The fraction of sp³-hybridized carbons (Fsp3) is 0.353. The summed E-state index contributed by atoms with van der Waals surface area (Å²) >= 11 is 1.59. The second-order valence-corrected chi connectivity index (χ2v) is 6.61. The zero-order valence-corrected chi connectivity index (χ0v) is 12.8. The Balaban J connectivity index is 1.56. The third-order valence-electron chi connectivity index (χ3n) is 4.06. The van der Waals surface area contributed by atoms with Gasteiger partial charge in [0.2, 0.25) is 0 Å². The molecule has 0 spiro atoms. The van der Waals surface area contributed by atoms with Gasteiger partial charge in [0.1, 0.15) is 11.1 Å². The Morgan fingerprint density at radius 3 is 2.86 bits per heavy atom. The lowest BCUT2D eigenvalue weighted by molar-refractivity contribution is 0.254.